The van der Waals surface area contributed by atoms with Crippen molar-refractivity contribution in [2.24, 2.45) is 0 Å². The second-order valence-corrected chi connectivity index (χ2v) is 7.40. The van der Waals surface area contributed by atoms with E-state index in [0.717, 1.165) is 15.6 Å². The van der Waals surface area contributed by atoms with Gasteiger partial charge in [-0.05, 0) is 47.5 Å². The molecule has 2 aromatic carbocycles. The van der Waals surface area contributed by atoms with E-state index in [4.69, 9.17) is 4.74 Å². The van der Waals surface area contributed by atoms with Gasteiger partial charge in [0.2, 0.25) is 6.54 Å². The molecular weight excluding hydrogens is 414 g/mol. The van der Waals surface area contributed by atoms with Gasteiger partial charge in [0.05, 0.1) is 16.5 Å². The van der Waals surface area contributed by atoms with Crippen LogP contribution in [0, 0.1) is 10.1 Å². The first-order valence-corrected chi connectivity index (χ1v) is 9.12. The summed E-state index contributed by atoms with van der Waals surface area (Å²) in [7, 11) is 0. The van der Waals surface area contributed by atoms with Crippen LogP contribution >= 0.6 is 15.9 Å². The molecular formula is C19H18BrN3O4. The average Bonchev–Trinajstić information content (AvgIpc) is 2.62. The van der Waals surface area contributed by atoms with Crippen molar-refractivity contribution in [2.45, 2.75) is 19.4 Å². The molecule has 0 aliphatic rings. The minimum Gasteiger partial charge on any atom is -0.364 e. The first-order valence-electron chi connectivity index (χ1n) is 8.33. The number of nitrogens with one attached hydrogen (secondary N) is 1. The molecule has 8 heteroatoms. The number of ether oxygens (including phenoxy) is 1. The third kappa shape index (κ3) is 4.23. The maximum atomic E-state index is 12.3. The van der Waals surface area contributed by atoms with Crippen molar-refractivity contribution in [1.82, 2.24) is 9.97 Å². The molecule has 0 radical (unpaired) electrons. The molecule has 1 aromatic heterocycles. The fourth-order valence-corrected chi connectivity index (χ4v) is 3.21. The number of nitrogens with zero attached hydrogens (tertiary/aromatic N) is 2. The molecule has 0 unspecified atom stereocenters. The van der Waals surface area contributed by atoms with Gasteiger partial charge in [0.25, 0.3) is 5.56 Å². The van der Waals surface area contributed by atoms with Crippen LogP contribution < -0.4 is 5.56 Å². The first kappa shape index (κ1) is 19.2. The molecule has 0 fully saturated rings. The van der Waals surface area contributed by atoms with Crippen molar-refractivity contribution in [3.05, 3.63) is 73.0 Å². The maximum Gasteiger partial charge on any atom is 0.259 e. The van der Waals surface area contributed by atoms with Gasteiger partial charge in [-0.15, -0.1) is 0 Å². The lowest BCUT2D eigenvalue weighted by molar-refractivity contribution is -0.485. The smallest absolute Gasteiger partial charge is 0.259 e. The van der Waals surface area contributed by atoms with E-state index >= 15 is 0 Å². The minimum absolute atomic E-state index is 0.0370. The molecule has 7 nitrogen and oxygen atoms in total. The summed E-state index contributed by atoms with van der Waals surface area (Å²) in [6.45, 7) is 3.51. The Morgan fingerprint density at radius 3 is 2.59 bits per heavy atom. The monoisotopic (exact) mass is 431 g/mol. The summed E-state index contributed by atoms with van der Waals surface area (Å²) in [5, 5.41) is 11.0. The molecule has 27 heavy (non-hydrogen) atoms. The molecule has 0 bridgehead atoms. The number of nitro groups is 1. The summed E-state index contributed by atoms with van der Waals surface area (Å²) in [6.07, 6.45) is 0. The highest BCUT2D eigenvalue weighted by atomic mass is 79.9. The van der Waals surface area contributed by atoms with E-state index in [-0.39, 0.29) is 18.7 Å². The highest BCUT2D eigenvalue weighted by molar-refractivity contribution is 9.10. The first-order chi connectivity index (χ1) is 12.8. The van der Waals surface area contributed by atoms with Crippen molar-refractivity contribution < 1.29 is 9.66 Å². The predicted molar refractivity (Wildman–Crippen MR) is 106 cm³/mol. The molecule has 0 spiro atoms. The van der Waals surface area contributed by atoms with Crippen molar-refractivity contribution in [1.29, 1.82) is 0 Å². The Bertz CT molecular complexity index is 1040. The normalized spacial score (nSPS) is 11.7. The van der Waals surface area contributed by atoms with Crippen LogP contribution in [0.25, 0.3) is 22.3 Å². The maximum absolute atomic E-state index is 12.3. The number of aromatic nitrogens is 2. The van der Waals surface area contributed by atoms with Crippen LogP contribution in [0.3, 0.4) is 0 Å². The topological polar surface area (TPSA) is 98.1 Å². The molecule has 3 rings (SSSR count). The quantitative estimate of drug-likeness (QED) is 0.471. The molecule has 0 saturated heterocycles. The summed E-state index contributed by atoms with van der Waals surface area (Å²) < 4.78 is 6.40. The third-order valence-corrected chi connectivity index (χ3v) is 4.92. The predicted octanol–water partition coefficient (Wildman–Crippen LogP) is 3.88. The Labute approximate surface area is 163 Å². The lowest BCUT2D eigenvalue weighted by atomic mass is 9.96. The lowest BCUT2D eigenvalue weighted by Crippen LogP contribution is -2.24. The van der Waals surface area contributed by atoms with Crippen LogP contribution in [-0.2, 0) is 10.3 Å². The number of hydrogen-bond acceptors (Lipinski definition) is 5. The van der Waals surface area contributed by atoms with E-state index in [9.17, 15) is 14.9 Å². The molecule has 0 aliphatic heterocycles. The number of rotatable bonds is 6. The van der Waals surface area contributed by atoms with Crippen LogP contribution in [-0.4, -0.2) is 28.0 Å². The number of halogens is 1. The van der Waals surface area contributed by atoms with Gasteiger partial charge in [0, 0.05) is 15.0 Å². The fraction of sp³-hybridized carbons (Fsp3) is 0.263. The summed E-state index contributed by atoms with van der Waals surface area (Å²) in [5.41, 5.74) is 1.36. The highest BCUT2D eigenvalue weighted by Gasteiger charge is 2.22. The largest absolute Gasteiger partial charge is 0.364 e. The molecule has 0 atom stereocenters. The van der Waals surface area contributed by atoms with Crippen molar-refractivity contribution >= 4 is 26.8 Å². The SMILES string of the molecule is CC(C)(OCC[N+](=O)[O-])c1ccc(-c2nc3c(Br)cccc3c(=O)[nH]2)cc1. The second kappa shape index (κ2) is 7.58. The van der Waals surface area contributed by atoms with E-state index in [2.05, 4.69) is 25.9 Å². The lowest BCUT2D eigenvalue weighted by Gasteiger charge is -2.25. The van der Waals surface area contributed by atoms with E-state index in [1.165, 1.54) is 0 Å². The molecule has 140 valence electrons. The number of aromatic amines is 1. The Kier molecular flexibility index (Phi) is 5.38. The van der Waals surface area contributed by atoms with Crippen molar-refractivity contribution in [3.8, 4) is 11.4 Å². The Balaban J connectivity index is 1.89. The fourth-order valence-electron chi connectivity index (χ4n) is 2.75. The number of fused-ring (bicyclic) bond motifs is 1. The molecule has 1 N–H and O–H groups in total. The van der Waals surface area contributed by atoms with Gasteiger partial charge in [-0.2, -0.15) is 0 Å². The Hall–Kier alpha value is -2.58. The van der Waals surface area contributed by atoms with E-state index < -0.39 is 10.5 Å². The summed E-state index contributed by atoms with van der Waals surface area (Å²) in [6, 6.07) is 12.8. The van der Waals surface area contributed by atoms with Gasteiger partial charge >= 0.3 is 0 Å². The van der Waals surface area contributed by atoms with E-state index in [1.807, 2.05) is 44.2 Å². The molecule has 0 aliphatic carbocycles. The van der Waals surface area contributed by atoms with E-state index in [1.54, 1.807) is 12.1 Å². The Morgan fingerprint density at radius 2 is 1.93 bits per heavy atom. The van der Waals surface area contributed by atoms with Crippen LogP contribution in [0.5, 0.6) is 0 Å². The molecule has 0 amide bonds. The number of hydrogen-bond donors (Lipinski definition) is 1. The second-order valence-electron chi connectivity index (χ2n) is 6.54. The van der Waals surface area contributed by atoms with Crippen molar-refractivity contribution in [3.63, 3.8) is 0 Å². The van der Waals surface area contributed by atoms with Gasteiger partial charge in [-0.25, -0.2) is 4.98 Å². The van der Waals surface area contributed by atoms with Crippen LogP contribution in [0.2, 0.25) is 0 Å². The van der Waals surface area contributed by atoms with Gasteiger partial charge in [0.1, 0.15) is 12.4 Å². The van der Waals surface area contributed by atoms with Crippen LogP contribution in [0.15, 0.2) is 51.7 Å². The third-order valence-electron chi connectivity index (χ3n) is 4.28. The number of H-pyrrole nitrogens is 1. The van der Waals surface area contributed by atoms with Crippen molar-refractivity contribution in [2.75, 3.05) is 13.2 Å². The molecule has 1 heterocycles. The zero-order chi connectivity index (χ0) is 19.6. The number of benzene rings is 2. The summed E-state index contributed by atoms with van der Waals surface area (Å²) in [5.74, 6) is 0.470. The molecule has 3 aromatic rings. The van der Waals surface area contributed by atoms with Gasteiger partial charge in [-0.3, -0.25) is 14.9 Å². The number of para-hydroxylation sites is 1. The van der Waals surface area contributed by atoms with Crippen LogP contribution in [0.4, 0.5) is 0 Å². The van der Waals surface area contributed by atoms with Gasteiger partial charge in [0.15, 0.2) is 0 Å². The van der Waals surface area contributed by atoms with Gasteiger partial charge < -0.3 is 9.72 Å². The highest BCUT2D eigenvalue weighted by Crippen LogP contribution is 2.27. The Morgan fingerprint density at radius 1 is 1.22 bits per heavy atom. The molecule has 0 saturated carbocycles. The standard InChI is InChI=1S/C19H18BrN3O4/c1-19(2,27-11-10-23(25)26)13-8-6-12(7-9-13)17-21-16-14(18(24)22-17)4-3-5-15(16)20/h3-9H,10-11H2,1-2H3,(H,21,22,24). The zero-order valence-electron chi connectivity index (χ0n) is 14.9. The van der Waals surface area contributed by atoms with Gasteiger partial charge in [-0.1, -0.05) is 30.3 Å². The summed E-state index contributed by atoms with van der Waals surface area (Å²) >= 11 is 3.43. The minimum atomic E-state index is -0.665. The van der Waals surface area contributed by atoms with E-state index in [0.29, 0.717) is 16.7 Å². The average molecular weight is 432 g/mol. The summed E-state index contributed by atoms with van der Waals surface area (Å²) in [4.78, 5) is 29.7. The van der Waals surface area contributed by atoms with Crippen LogP contribution in [0.1, 0.15) is 19.4 Å². The zero-order valence-corrected chi connectivity index (χ0v) is 16.4.